The van der Waals surface area contributed by atoms with Gasteiger partial charge in [0.05, 0.1) is 12.7 Å². The molecule has 2 fully saturated rings. The molecule has 0 bridgehead atoms. The molecule has 1 saturated heterocycles. The predicted molar refractivity (Wildman–Crippen MR) is 40.7 cm³/mol. The van der Waals surface area contributed by atoms with Crippen LogP contribution >= 0.6 is 0 Å². The maximum Gasteiger partial charge on any atom is 0.120 e. The van der Waals surface area contributed by atoms with Gasteiger partial charge < -0.3 is 19.7 Å². The molecule has 2 rings (SSSR count). The van der Waals surface area contributed by atoms with E-state index in [1.807, 2.05) is 0 Å². The second-order valence-corrected chi connectivity index (χ2v) is 3.60. The highest BCUT2D eigenvalue weighted by atomic mass is 16.6. The highest BCUT2D eigenvalue weighted by molar-refractivity contribution is 5.07. The lowest BCUT2D eigenvalue weighted by atomic mass is 9.83. The van der Waals surface area contributed by atoms with Crippen molar-refractivity contribution in [2.24, 2.45) is 0 Å². The fraction of sp³-hybridized carbons (Fsp3) is 1.00. The maximum absolute atomic E-state index is 9.72. The summed E-state index contributed by atoms with van der Waals surface area (Å²) in [5.74, 6) is 0. The Balaban J connectivity index is 2.09. The van der Waals surface area contributed by atoms with Crippen LogP contribution in [0.4, 0.5) is 0 Å². The van der Waals surface area contributed by atoms with Crippen LogP contribution < -0.4 is 0 Å². The first-order chi connectivity index (χ1) is 5.69. The van der Waals surface area contributed by atoms with Crippen molar-refractivity contribution in [3.8, 4) is 0 Å². The number of ether oxygens (including phenoxy) is 2. The monoisotopic (exact) mass is 174 g/mol. The summed E-state index contributed by atoms with van der Waals surface area (Å²) in [5, 5.41) is 19.2. The van der Waals surface area contributed by atoms with E-state index >= 15 is 0 Å². The molecule has 4 heteroatoms. The molecule has 0 aromatic rings. The lowest BCUT2D eigenvalue weighted by molar-refractivity contribution is -0.133. The summed E-state index contributed by atoms with van der Waals surface area (Å²) in [6, 6.07) is 0. The van der Waals surface area contributed by atoms with E-state index in [1.54, 1.807) is 0 Å². The van der Waals surface area contributed by atoms with Crippen LogP contribution in [0.3, 0.4) is 0 Å². The first-order valence-electron chi connectivity index (χ1n) is 4.22. The van der Waals surface area contributed by atoms with E-state index in [1.165, 1.54) is 7.11 Å². The van der Waals surface area contributed by atoms with Crippen LogP contribution in [0.15, 0.2) is 0 Å². The number of aliphatic hydroxyl groups excluding tert-OH is 2. The van der Waals surface area contributed by atoms with Crippen molar-refractivity contribution in [3.05, 3.63) is 0 Å². The molecule has 0 aromatic heterocycles. The van der Waals surface area contributed by atoms with Gasteiger partial charge in [-0.1, -0.05) is 0 Å². The quantitative estimate of drug-likeness (QED) is 0.515. The Labute approximate surface area is 71.1 Å². The van der Waals surface area contributed by atoms with Gasteiger partial charge in [0.2, 0.25) is 0 Å². The fourth-order valence-electron chi connectivity index (χ4n) is 1.91. The van der Waals surface area contributed by atoms with Gasteiger partial charge in [-0.15, -0.1) is 0 Å². The minimum Gasteiger partial charge on any atom is -0.390 e. The van der Waals surface area contributed by atoms with Crippen LogP contribution in [0.25, 0.3) is 0 Å². The Kier molecular flexibility index (Phi) is 1.88. The van der Waals surface area contributed by atoms with Crippen LogP contribution in [0.1, 0.15) is 12.8 Å². The van der Waals surface area contributed by atoms with Gasteiger partial charge in [-0.05, 0) is 12.8 Å². The van der Waals surface area contributed by atoms with Crippen LogP contribution in [0.5, 0.6) is 0 Å². The van der Waals surface area contributed by atoms with Gasteiger partial charge in [0.1, 0.15) is 17.8 Å². The van der Waals surface area contributed by atoms with Gasteiger partial charge in [-0.25, -0.2) is 0 Å². The summed E-state index contributed by atoms with van der Waals surface area (Å²) in [7, 11) is 1.50. The first-order valence-corrected chi connectivity index (χ1v) is 4.22. The zero-order valence-corrected chi connectivity index (χ0v) is 7.06. The molecule has 1 spiro atoms. The minimum absolute atomic E-state index is 0.389. The summed E-state index contributed by atoms with van der Waals surface area (Å²) in [4.78, 5) is 0. The Morgan fingerprint density at radius 1 is 1.50 bits per heavy atom. The zero-order valence-electron chi connectivity index (χ0n) is 7.06. The Hall–Kier alpha value is -0.160. The highest BCUT2D eigenvalue weighted by Gasteiger charge is 2.58. The van der Waals surface area contributed by atoms with Crippen molar-refractivity contribution in [2.75, 3.05) is 13.7 Å². The van der Waals surface area contributed by atoms with Crippen LogP contribution in [-0.4, -0.2) is 47.8 Å². The van der Waals surface area contributed by atoms with Crippen LogP contribution in [0, 0.1) is 0 Å². The summed E-state index contributed by atoms with van der Waals surface area (Å²) >= 11 is 0. The topological polar surface area (TPSA) is 62.2 Å². The number of rotatable bonds is 1. The standard InChI is InChI=1S/C8H14O4/c1-11-6-5(9)2-3-8(4-12-8)7(6)10/h5-7,9-10H,2-4H2,1H3/t5?,6-,7+,8+/m1/s1. The summed E-state index contributed by atoms with van der Waals surface area (Å²) in [6.07, 6.45) is -0.336. The Bertz CT molecular complexity index is 178. The molecule has 1 heterocycles. The average molecular weight is 174 g/mol. The van der Waals surface area contributed by atoms with Gasteiger partial charge in [0.25, 0.3) is 0 Å². The summed E-state index contributed by atoms with van der Waals surface area (Å²) in [5.41, 5.74) is -0.389. The van der Waals surface area contributed by atoms with E-state index in [9.17, 15) is 10.2 Å². The molecule has 0 aromatic carbocycles. The van der Waals surface area contributed by atoms with Crippen molar-refractivity contribution in [1.82, 2.24) is 0 Å². The van der Waals surface area contributed by atoms with Gasteiger partial charge in [-0.3, -0.25) is 0 Å². The molecule has 0 radical (unpaired) electrons. The fourth-order valence-corrected chi connectivity index (χ4v) is 1.91. The number of aliphatic hydroxyl groups is 2. The van der Waals surface area contributed by atoms with Crippen LogP contribution in [-0.2, 0) is 9.47 Å². The Morgan fingerprint density at radius 3 is 2.67 bits per heavy atom. The smallest absolute Gasteiger partial charge is 0.120 e. The number of hydrogen-bond acceptors (Lipinski definition) is 4. The minimum atomic E-state index is -0.675. The molecule has 70 valence electrons. The third-order valence-corrected chi connectivity index (χ3v) is 2.88. The second-order valence-electron chi connectivity index (χ2n) is 3.60. The maximum atomic E-state index is 9.72. The lowest BCUT2D eigenvalue weighted by Gasteiger charge is -2.35. The van der Waals surface area contributed by atoms with Crippen LogP contribution in [0.2, 0.25) is 0 Å². The van der Waals surface area contributed by atoms with Crippen molar-refractivity contribution in [2.45, 2.75) is 36.8 Å². The molecule has 1 saturated carbocycles. The first kappa shape index (κ1) is 8.44. The van der Waals surface area contributed by atoms with Gasteiger partial charge in [-0.2, -0.15) is 0 Å². The van der Waals surface area contributed by atoms with Gasteiger partial charge in [0.15, 0.2) is 0 Å². The normalized spacial score (nSPS) is 52.8. The van der Waals surface area contributed by atoms with Crippen molar-refractivity contribution in [3.63, 3.8) is 0 Å². The average Bonchev–Trinajstić information content (AvgIpc) is 2.81. The molecule has 12 heavy (non-hydrogen) atoms. The van der Waals surface area contributed by atoms with E-state index in [-0.39, 0.29) is 5.60 Å². The third-order valence-electron chi connectivity index (χ3n) is 2.88. The molecule has 1 aliphatic heterocycles. The Morgan fingerprint density at radius 2 is 2.17 bits per heavy atom. The van der Waals surface area contributed by atoms with E-state index < -0.39 is 18.3 Å². The molecular weight excluding hydrogens is 160 g/mol. The third kappa shape index (κ3) is 1.07. The molecule has 2 N–H and O–H groups in total. The molecule has 1 unspecified atom stereocenters. The van der Waals surface area contributed by atoms with E-state index in [4.69, 9.17) is 9.47 Å². The molecular formula is C8H14O4. The number of hydrogen-bond donors (Lipinski definition) is 2. The van der Waals surface area contributed by atoms with Gasteiger partial charge >= 0.3 is 0 Å². The number of epoxide rings is 1. The molecule has 4 nitrogen and oxygen atoms in total. The summed E-state index contributed by atoms with van der Waals surface area (Å²) in [6.45, 7) is 0.598. The molecule has 2 aliphatic rings. The van der Waals surface area contributed by atoms with Crippen molar-refractivity contribution >= 4 is 0 Å². The number of methoxy groups -OCH3 is 1. The van der Waals surface area contributed by atoms with Crippen molar-refractivity contribution in [1.29, 1.82) is 0 Å². The van der Waals surface area contributed by atoms with Gasteiger partial charge in [0, 0.05) is 7.11 Å². The summed E-state index contributed by atoms with van der Waals surface area (Å²) < 4.78 is 10.2. The van der Waals surface area contributed by atoms with E-state index in [2.05, 4.69) is 0 Å². The van der Waals surface area contributed by atoms with Crippen molar-refractivity contribution < 1.29 is 19.7 Å². The lowest BCUT2D eigenvalue weighted by Crippen LogP contribution is -2.52. The van der Waals surface area contributed by atoms with E-state index in [0.29, 0.717) is 13.0 Å². The molecule has 1 aliphatic carbocycles. The SMILES string of the molecule is CO[C@@H]1C(O)CC[C@]2(CO2)[C@H]1O. The predicted octanol–water partition coefficient (Wildman–Crippen LogP) is -0.714. The molecule has 0 amide bonds. The largest absolute Gasteiger partial charge is 0.390 e. The zero-order chi connectivity index (χ0) is 8.77. The second kappa shape index (κ2) is 2.67. The molecule has 4 atom stereocenters. The van der Waals surface area contributed by atoms with E-state index in [0.717, 1.165) is 6.42 Å². The highest BCUT2D eigenvalue weighted by Crippen LogP contribution is 2.42.